The lowest BCUT2D eigenvalue weighted by Crippen LogP contribution is -2.19. The summed E-state index contributed by atoms with van der Waals surface area (Å²) in [4.78, 5) is 43.3. The van der Waals surface area contributed by atoms with Crippen molar-refractivity contribution in [2.24, 2.45) is 0 Å². The number of hydrogen-bond acceptors (Lipinski definition) is 4. The number of aromatic carboxylic acids is 2. The molecule has 0 atom stereocenters. The molecule has 0 bridgehead atoms. The maximum absolute atomic E-state index is 11.2. The fourth-order valence-corrected chi connectivity index (χ4v) is 1.27. The van der Waals surface area contributed by atoms with Crippen LogP contribution >= 0.6 is 0 Å². The lowest BCUT2D eigenvalue weighted by molar-refractivity contribution is -0.131. The zero-order chi connectivity index (χ0) is 13.2. The molecule has 1 rings (SSSR count). The normalized spacial score (nSPS) is 9.65. The van der Waals surface area contributed by atoms with E-state index in [4.69, 9.17) is 15.3 Å². The first kappa shape index (κ1) is 12.4. The first-order valence-corrected chi connectivity index (χ1v) is 4.23. The van der Waals surface area contributed by atoms with Gasteiger partial charge in [0, 0.05) is 5.56 Å². The van der Waals surface area contributed by atoms with Crippen molar-refractivity contribution < 1.29 is 34.5 Å². The van der Waals surface area contributed by atoms with Gasteiger partial charge in [-0.2, -0.15) is 0 Å². The van der Waals surface area contributed by atoms with Gasteiger partial charge in [-0.25, -0.2) is 14.4 Å². The zero-order valence-corrected chi connectivity index (χ0v) is 8.21. The van der Waals surface area contributed by atoms with Crippen molar-refractivity contribution in [1.29, 1.82) is 0 Å². The average Bonchev–Trinajstić information content (AvgIpc) is 2.26. The molecule has 0 saturated carbocycles. The Hall–Kier alpha value is -2.70. The van der Waals surface area contributed by atoms with Crippen LogP contribution < -0.4 is 0 Å². The Kier molecular flexibility index (Phi) is 3.23. The van der Waals surface area contributed by atoms with Crippen molar-refractivity contribution in [2.45, 2.75) is 0 Å². The number of carboxylic acid groups (broad SMARTS) is 3. The molecular formula is C10H6O7. The second-order valence-corrected chi connectivity index (χ2v) is 2.97. The van der Waals surface area contributed by atoms with Crippen LogP contribution in [0.2, 0.25) is 0 Å². The quantitative estimate of drug-likeness (QED) is 0.509. The van der Waals surface area contributed by atoms with Gasteiger partial charge in [0.25, 0.3) is 5.78 Å². The van der Waals surface area contributed by atoms with Gasteiger partial charge >= 0.3 is 17.9 Å². The van der Waals surface area contributed by atoms with Crippen molar-refractivity contribution in [3.63, 3.8) is 0 Å². The summed E-state index contributed by atoms with van der Waals surface area (Å²) in [6.45, 7) is 0. The van der Waals surface area contributed by atoms with Crippen LogP contribution in [-0.4, -0.2) is 39.0 Å². The summed E-state index contributed by atoms with van der Waals surface area (Å²) in [5, 5.41) is 26.0. The molecule has 0 saturated heterocycles. The highest BCUT2D eigenvalue weighted by Gasteiger charge is 2.26. The third-order valence-corrected chi connectivity index (χ3v) is 1.95. The van der Waals surface area contributed by atoms with E-state index in [0.717, 1.165) is 18.2 Å². The fraction of sp³-hybridized carbons (Fsp3) is 0. The van der Waals surface area contributed by atoms with E-state index in [1.54, 1.807) is 0 Å². The molecule has 88 valence electrons. The van der Waals surface area contributed by atoms with Gasteiger partial charge in [-0.05, 0) is 12.1 Å². The molecule has 0 aliphatic rings. The minimum absolute atomic E-state index is 0.635. The van der Waals surface area contributed by atoms with E-state index in [1.165, 1.54) is 0 Å². The molecule has 3 N–H and O–H groups in total. The van der Waals surface area contributed by atoms with Crippen LogP contribution in [0, 0.1) is 0 Å². The van der Waals surface area contributed by atoms with Gasteiger partial charge in [-0.1, -0.05) is 6.07 Å². The highest BCUT2D eigenvalue weighted by molar-refractivity contribution is 6.41. The number of carboxylic acids is 3. The van der Waals surface area contributed by atoms with E-state index in [9.17, 15) is 19.2 Å². The number of rotatable bonds is 4. The van der Waals surface area contributed by atoms with Gasteiger partial charge in [-0.3, -0.25) is 4.79 Å². The van der Waals surface area contributed by atoms with Crippen LogP contribution in [0.4, 0.5) is 0 Å². The molecule has 1 aromatic rings. The number of benzene rings is 1. The van der Waals surface area contributed by atoms with E-state index < -0.39 is 40.4 Å². The molecule has 0 spiro atoms. The Morgan fingerprint density at radius 2 is 1.35 bits per heavy atom. The summed E-state index contributed by atoms with van der Waals surface area (Å²) >= 11 is 0. The molecule has 0 fully saturated rings. The molecule has 0 aromatic heterocycles. The van der Waals surface area contributed by atoms with Crippen LogP contribution in [0.1, 0.15) is 31.1 Å². The van der Waals surface area contributed by atoms with Crippen LogP contribution in [0.25, 0.3) is 0 Å². The standard InChI is InChI=1S/C10H6O7/c11-7(10(16)17)4-2-1-3-5(8(12)13)6(4)9(14)15/h1-3H,(H,12,13)(H,14,15)(H,16,17). The smallest absolute Gasteiger partial charge is 0.377 e. The molecule has 0 amide bonds. The van der Waals surface area contributed by atoms with Crippen LogP contribution in [0.15, 0.2) is 18.2 Å². The molecule has 0 unspecified atom stereocenters. The van der Waals surface area contributed by atoms with Crippen molar-refractivity contribution in [3.05, 3.63) is 34.9 Å². The molecule has 0 aliphatic heterocycles. The SMILES string of the molecule is O=C(O)C(=O)c1cccc(C(=O)O)c1C(=O)O. The highest BCUT2D eigenvalue weighted by atomic mass is 16.4. The van der Waals surface area contributed by atoms with Crippen LogP contribution in [0.5, 0.6) is 0 Å². The first-order valence-electron chi connectivity index (χ1n) is 4.23. The molecule has 0 aliphatic carbocycles. The maximum Gasteiger partial charge on any atom is 0.377 e. The van der Waals surface area contributed by atoms with Crippen molar-refractivity contribution in [1.82, 2.24) is 0 Å². The molecule has 7 nitrogen and oxygen atoms in total. The second-order valence-electron chi connectivity index (χ2n) is 2.97. The fourth-order valence-electron chi connectivity index (χ4n) is 1.27. The summed E-state index contributed by atoms with van der Waals surface area (Å²) in [5.41, 5.74) is -2.12. The van der Waals surface area contributed by atoms with Crippen molar-refractivity contribution in [3.8, 4) is 0 Å². The Morgan fingerprint density at radius 1 is 0.824 bits per heavy atom. The maximum atomic E-state index is 11.2. The third-order valence-electron chi connectivity index (χ3n) is 1.95. The molecule has 17 heavy (non-hydrogen) atoms. The van der Waals surface area contributed by atoms with E-state index >= 15 is 0 Å². The lowest BCUT2D eigenvalue weighted by Gasteiger charge is -2.05. The summed E-state index contributed by atoms with van der Waals surface area (Å²) < 4.78 is 0. The van der Waals surface area contributed by atoms with Crippen molar-refractivity contribution in [2.75, 3.05) is 0 Å². The van der Waals surface area contributed by atoms with Gasteiger partial charge in [0.05, 0.1) is 11.1 Å². The van der Waals surface area contributed by atoms with Gasteiger partial charge in [0.1, 0.15) is 0 Å². The second kappa shape index (κ2) is 4.44. The minimum Gasteiger partial charge on any atom is -0.478 e. The minimum atomic E-state index is -1.85. The topological polar surface area (TPSA) is 129 Å². The monoisotopic (exact) mass is 238 g/mol. The van der Waals surface area contributed by atoms with E-state index in [-0.39, 0.29) is 0 Å². The Labute approximate surface area is 93.9 Å². The van der Waals surface area contributed by atoms with E-state index in [0.29, 0.717) is 0 Å². The highest BCUT2D eigenvalue weighted by Crippen LogP contribution is 2.16. The van der Waals surface area contributed by atoms with Gasteiger partial charge in [0.15, 0.2) is 0 Å². The van der Waals surface area contributed by atoms with Crippen LogP contribution in [0.3, 0.4) is 0 Å². The van der Waals surface area contributed by atoms with E-state index in [1.807, 2.05) is 0 Å². The number of hydrogen-bond donors (Lipinski definition) is 3. The Bertz CT molecular complexity index is 529. The number of carbonyl (C=O) groups is 4. The number of carbonyl (C=O) groups excluding carboxylic acids is 1. The molecular weight excluding hydrogens is 232 g/mol. The molecule has 0 heterocycles. The first-order chi connectivity index (χ1) is 7.86. The number of Topliss-reactive ketones (excluding diaryl/α,β-unsaturated/α-hetero) is 1. The van der Waals surface area contributed by atoms with Gasteiger partial charge < -0.3 is 15.3 Å². The predicted octanol–water partition coefficient (Wildman–Crippen LogP) is 0.350. The largest absolute Gasteiger partial charge is 0.478 e. The molecule has 1 aromatic carbocycles. The third kappa shape index (κ3) is 2.28. The number of ketones is 1. The zero-order valence-electron chi connectivity index (χ0n) is 8.21. The Morgan fingerprint density at radius 3 is 1.76 bits per heavy atom. The van der Waals surface area contributed by atoms with Crippen LogP contribution in [-0.2, 0) is 4.79 Å². The van der Waals surface area contributed by atoms with Gasteiger partial charge in [-0.15, -0.1) is 0 Å². The number of aliphatic carboxylic acids is 1. The summed E-state index contributed by atoms with van der Waals surface area (Å²) in [6, 6.07) is 3.03. The summed E-state index contributed by atoms with van der Waals surface area (Å²) in [5.74, 6) is -6.55. The lowest BCUT2D eigenvalue weighted by atomic mass is 9.98. The van der Waals surface area contributed by atoms with E-state index in [2.05, 4.69) is 0 Å². The molecule has 0 radical (unpaired) electrons. The average molecular weight is 238 g/mol. The van der Waals surface area contributed by atoms with Crippen molar-refractivity contribution >= 4 is 23.7 Å². The Balaban J connectivity index is 3.56. The van der Waals surface area contributed by atoms with Gasteiger partial charge in [0.2, 0.25) is 0 Å². The summed E-state index contributed by atoms with van der Waals surface area (Å²) in [7, 11) is 0. The predicted molar refractivity (Wildman–Crippen MR) is 52.3 cm³/mol. The molecule has 7 heteroatoms. The summed E-state index contributed by atoms with van der Waals surface area (Å²) in [6.07, 6.45) is 0.